The summed E-state index contributed by atoms with van der Waals surface area (Å²) in [7, 11) is 0. The number of hydrogen-bond acceptors (Lipinski definition) is 3. The quantitative estimate of drug-likeness (QED) is 0.633. The molecule has 18 heavy (non-hydrogen) atoms. The van der Waals surface area contributed by atoms with Crippen LogP contribution in [0.4, 0.5) is 0 Å². The van der Waals surface area contributed by atoms with Gasteiger partial charge >= 0.3 is 0 Å². The van der Waals surface area contributed by atoms with E-state index in [0.29, 0.717) is 18.1 Å². The average Bonchev–Trinajstić information content (AvgIpc) is 2.38. The lowest BCUT2D eigenvalue weighted by Gasteiger charge is -2.22. The van der Waals surface area contributed by atoms with E-state index in [0.717, 1.165) is 37.4 Å². The van der Waals surface area contributed by atoms with Gasteiger partial charge in [-0.1, -0.05) is 12.1 Å². The summed E-state index contributed by atoms with van der Waals surface area (Å²) >= 11 is 0. The monoisotopic (exact) mass is 248 g/mol. The third-order valence-corrected chi connectivity index (χ3v) is 3.31. The molecule has 98 valence electrons. The molecule has 4 heteroatoms. The predicted octanol–water partition coefficient (Wildman–Crippen LogP) is 2.08. The largest absolute Gasteiger partial charge is 0.493 e. The molecule has 0 atom stereocenters. The Morgan fingerprint density at radius 2 is 2.17 bits per heavy atom. The SMILES string of the molecule is Cc1ccc(C(=N)N)cc1OCC1CCOCC1. The van der Waals surface area contributed by atoms with Crippen LogP contribution in [0.15, 0.2) is 18.2 Å². The van der Waals surface area contributed by atoms with Gasteiger partial charge in [0.05, 0.1) is 6.61 Å². The van der Waals surface area contributed by atoms with Crippen LogP contribution in [0.2, 0.25) is 0 Å². The minimum Gasteiger partial charge on any atom is -0.493 e. The topological polar surface area (TPSA) is 68.3 Å². The number of aryl methyl sites for hydroxylation is 1. The summed E-state index contributed by atoms with van der Waals surface area (Å²) in [5.41, 5.74) is 7.27. The summed E-state index contributed by atoms with van der Waals surface area (Å²) in [5.74, 6) is 1.47. The molecule has 1 fully saturated rings. The normalized spacial score (nSPS) is 16.5. The Morgan fingerprint density at radius 1 is 1.44 bits per heavy atom. The van der Waals surface area contributed by atoms with Crippen LogP contribution in [0.1, 0.15) is 24.0 Å². The molecule has 4 nitrogen and oxygen atoms in total. The maximum atomic E-state index is 7.44. The zero-order valence-corrected chi connectivity index (χ0v) is 10.7. The number of ether oxygens (including phenoxy) is 2. The Labute approximate surface area is 108 Å². The van der Waals surface area contributed by atoms with E-state index < -0.39 is 0 Å². The van der Waals surface area contributed by atoms with Gasteiger partial charge in [-0.05, 0) is 37.3 Å². The summed E-state index contributed by atoms with van der Waals surface area (Å²) in [6, 6.07) is 5.63. The summed E-state index contributed by atoms with van der Waals surface area (Å²) < 4.78 is 11.2. The summed E-state index contributed by atoms with van der Waals surface area (Å²) in [6.45, 7) is 4.38. The lowest BCUT2D eigenvalue weighted by molar-refractivity contribution is 0.0496. The molecule has 1 aromatic rings. The van der Waals surface area contributed by atoms with Gasteiger partial charge in [0.25, 0.3) is 0 Å². The van der Waals surface area contributed by atoms with Crippen molar-refractivity contribution in [2.45, 2.75) is 19.8 Å². The van der Waals surface area contributed by atoms with Gasteiger partial charge in [-0.15, -0.1) is 0 Å². The van der Waals surface area contributed by atoms with Crippen molar-refractivity contribution in [3.8, 4) is 5.75 Å². The molecular formula is C14H20N2O2. The lowest BCUT2D eigenvalue weighted by Crippen LogP contribution is -2.21. The third-order valence-electron chi connectivity index (χ3n) is 3.31. The predicted molar refractivity (Wildman–Crippen MR) is 71.2 cm³/mol. The average molecular weight is 248 g/mol. The fraction of sp³-hybridized carbons (Fsp3) is 0.500. The standard InChI is InChI=1S/C14H20N2O2/c1-10-2-3-12(14(15)16)8-13(10)18-9-11-4-6-17-7-5-11/h2-3,8,11H,4-7,9H2,1H3,(H3,15,16). The molecule has 0 saturated carbocycles. The van der Waals surface area contributed by atoms with Crippen molar-refractivity contribution in [1.29, 1.82) is 5.41 Å². The number of nitrogens with one attached hydrogen (secondary N) is 1. The molecule has 0 unspecified atom stereocenters. The zero-order valence-electron chi connectivity index (χ0n) is 10.7. The van der Waals surface area contributed by atoms with Crippen LogP contribution in [0.5, 0.6) is 5.75 Å². The first kappa shape index (κ1) is 12.9. The molecule has 0 spiro atoms. The van der Waals surface area contributed by atoms with Crippen molar-refractivity contribution in [2.24, 2.45) is 11.7 Å². The highest BCUT2D eigenvalue weighted by atomic mass is 16.5. The second kappa shape index (κ2) is 5.87. The molecule has 2 rings (SSSR count). The van der Waals surface area contributed by atoms with E-state index in [4.69, 9.17) is 20.6 Å². The van der Waals surface area contributed by atoms with Crippen molar-refractivity contribution in [3.63, 3.8) is 0 Å². The second-order valence-electron chi connectivity index (χ2n) is 4.76. The first-order chi connectivity index (χ1) is 8.66. The fourth-order valence-electron chi connectivity index (χ4n) is 2.04. The van der Waals surface area contributed by atoms with Crippen molar-refractivity contribution in [2.75, 3.05) is 19.8 Å². The van der Waals surface area contributed by atoms with Gasteiger partial charge in [-0.2, -0.15) is 0 Å². The molecular weight excluding hydrogens is 228 g/mol. The molecule has 3 N–H and O–H groups in total. The molecule has 0 radical (unpaired) electrons. The summed E-state index contributed by atoms with van der Waals surface area (Å²) in [5, 5.41) is 7.44. The second-order valence-corrected chi connectivity index (χ2v) is 4.76. The van der Waals surface area contributed by atoms with E-state index in [1.54, 1.807) is 0 Å². The lowest BCUT2D eigenvalue weighted by atomic mass is 10.0. The Morgan fingerprint density at radius 3 is 2.83 bits per heavy atom. The molecule has 0 aromatic heterocycles. The van der Waals surface area contributed by atoms with Crippen LogP contribution < -0.4 is 10.5 Å². The van der Waals surface area contributed by atoms with Crippen LogP contribution in [0.25, 0.3) is 0 Å². The van der Waals surface area contributed by atoms with E-state index in [9.17, 15) is 0 Å². The molecule has 1 heterocycles. The summed E-state index contributed by atoms with van der Waals surface area (Å²) in [4.78, 5) is 0. The highest BCUT2D eigenvalue weighted by Crippen LogP contribution is 2.22. The molecule has 1 aromatic carbocycles. The Balaban J connectivity index is 1.99. The van der Waals surface area contributed by atoms with Gasteiger partial charge in [0.1, 0.15) is 11.6 Å². The Kier molecular flexibility index (Phi) is 4.20. The number of amidine groups is 1. The van der Waals surface area contributed by atoms with Crippen LogP contribution in [0.3, 0.4) is 0 Å². The van der Waals surface area contributed by atoms with E-state index >= 15 is 0 Å². The number of nitrogens with two attached hydrogens (primary N) is 1. The minimum absolute atomic E-state index is 0.0749. The van der Waals surface area contributed by atoms with E-state index in [1.165, 1.54) is 0 Å². The van der Waals surface area contributed by atoms with Crippen molar-refractivity contribution >= 4 is 5.84 Å². The molecule has 1 aliphatic heterocycles. The zero-order chi connectivity index (χ0) is 13.0. The fourth-order valence-corrected chi connectivity index (χ4v) is 2.04. The molecule has 0 bridgehead atoms. The molecule has 0 aliphatic carbocycles. The summed E-state index contributed by atoms with van der Waals surface area (Å²) in [6.07, 6.45) is 2.12. The molecule has 1 aliphatic rings. The van der Waals surface area contributed by atoms with E-state index in [-0.39, 0.29) is 5.84 Å². The highest BCUT2D eigenvalue weighted by Gasteiger charge is 2.15. The number of nitrogen functional groups attached to an aromatic ring is 1. The number of hydrogen-bond donors (Lipinski definition) is 2. The van der Waals surface area contributed by atoms with Crippen LogP contribution in [-0.2, 0) is 4.74 Å². The van der Waals surface area contributed by atoms with E-state index in [2.05, 4.69) is 0 Å². The first-order valence-electron chi connectivity index (χ1n) is 6.32. The maximum Gasteiger partial charge on any atom is 0.122 e. The maximum absolute atomic E-state index is 7.44. The van der Waals surface area contributed by atoms with E-state index in [1.807, 2.05) is 25.1 Å². The smallest absolute Gasteiger partial charge is 0.122 e. The van der Waals surface area contributed by atoms with Gasteiger partial charge in [0.15, 0.2) is 0 Å². The van der Waals surface area contributed by atoms with Gasteiger partial charge in [-0.25, -0.2) is 0 Å². The van der Waals surface area contributed by atoms with Crippen molar-refractivity contribution in [3.05, 3.63) is 29.3 Å². The minimum atomic E-state index is 0.0749. The van der Waals surface area contributed by atoms with Gasteiger partial charge in [0.2, 0.25) is 0 Å². The number of benzene rings is 1. The number of rotatable bonds is 4. The van der Waals surface area contributed by atoms with Gasteiger partial charge < -0.3 is 15.2 Å². The van der Waals surface area contributed by atoms with Crippen LogP contribution in [0, 0.1) is 18.3 Å². The Bertz CT molecular complexity index is 426. The molecule has 0 amide bonds. The Hall–Kier alpha value is -1.55. The van der Waals surface area contributed by atoms with Gasteiger partial charge in [-0.3, -0.25) is 5.41 Å². The highest BCUT2D eigenvalue weighted by molar-refractivity contribution is 5.95. The van der Waals surface area contributed by atoms with Gasteiger partial charge in [0, 0.05) is 18.8 Å². The van der Waals surface area contributed by atoms with Crippen LogP contribution in [-0.4, -0.2) is 25.7 Å². The first-order valence-corrected chi connectivity index (χ1v) is 6.32. The van der Waals surface area contributed by atoms with Crippen molar-refractivity contribution < 1.29 is 9.47 Å². The van der Waals surface area contributed by atoms with Crippen molar-refractivity contribution in [1.82, 2.24) is 0 Å². The van der Waals surface area contributed by atoms with Crippen LogP contribution >= 0.6 is 0 Å². The third kappa shape index (κ3) is 3.23. The molecule has 1 saturated heterocycles.